The summed E-state index contributed by atoms with van der Waals surface area (Å²) in [4.78, 5) is 9.26. The molecule has 0 aliphatic heterocycles. The number of rotatable bonds is 4. The molecule has 0 fully saturated rings. The van der Waals surface area contributed by atoms with Crippen LogP contribution in [0.5, 0.6) is 5.88 Å². The van der Waals surface area contributed by atoms with Crippen molar-refractivity contribution in [2.24, 2.45) is 0 Å². The Morgan fingerprint density at radius 1 is 0.774 bits per heavy atom. The van der Waals surface area contributed by atoms with Crippen LogP contribution < -0.4 is 0 Å². The van der Waals surface area contributed by atoms with Crippen LogP contribution in [-0.2, 0) is 6.61 Å². The maximum absolute atomic E-state index is 10.6. The number of aromatic hydroxyl groups is 1. The van der Waals surface area contributed by atoms with Crippen molar-refractivity contribution in [3.05, 3.63) is 103 Å². The van der Waals surface area contributed by atoms with Crippen LogP contribution in [0.1, 0.15) is 5.56 Å². The second-order valence-corrected chi connectivity index (χ2v) is 7.29. The molecule has 0 amide bonds. The number of pyridine rings is 2. The van der Waals surface area contributed by atoms with Crippen LogP contribution in [0, 0.1) is 6.07 Å². The van der Waals surface area contributed by atoms with Gasteiger partial charge >= 0.3 is 0 Å². The highest BCUT2D eigenvalue weighted by Gasteiger charge is 2.17. The summed E-state index contributed by atoms with van der Waals surface area (Å²) < 4.78 is 0. The highest BCUT2D eigenvalue weighted by Crippen LogP contribution is 2.38. The molecule has 4 heteroatoms. The minimum absolute atomic E-state index is 0.0470. The van der Waals surface area contributed by atoms with E-state index < -0.39 is 0 Å². The zero-order valence-corrected chi connectivity index (χ0v) is 16.7. The fourth-order valence-corrected chi connectivity index (χ4v) is 3.80. The molecule has 0 aliphatic carbocycles. The molecule has 31 heavy (non-hydrogen) atoms. The summed E-state index contributed by atoms with van der Waals surface area (Å²) >= 11 is 0. The van der Waals surface area contributed by atoms with Gasteiger partial charge in [-0.3, -0.25) is 0 Å². The summed E-state index contributed by atoms with van der Waals surface area (Å²) in [5.41, 5.74) is 6.85. The number of aliphatic hydroxyl groups excluding tert-OH is 1. The first-order valence-corrected chi connectivity index (χ1v) is 9.99. The van der Waals surface area contributed by atoms with Crippen molar-refractivity contribution in [1.82, 2.24) is 9.97 Å². The minimum atomic E-state index is -0.0605. The van der Waals surface area contributed by atoms with E-state index in [1.54, 1.807) is 6.20 Å². The molecule has 0 bridgehead atoms. The fraction of sp³-hybridized carbons (Fsp3) is 0.0370. The molecule has 149 valence electrons. The first-order chi connectivity index (χ1) is 15.2. The standard InChI is InChI=1S/C27H19N2O2/c30-17-18-8-7-13-21(14-18)24-16-28-27(31)23-15-22(19-9-3-1-4-10-19)25(29-26(23)24)20-11-5-2-6-12-20/h1,3-16,30H,17H2,(H,28,31). The maximum Gasteiger partial charge on any atom is 0.220 e. The molecule has 0 aliphatic rings. The van der Waals surface area contributed by atoms with Crippen molar-refractivity contribution in [3.8, 4) is 39.4 Å². The third kappa shape index (κ3) is 3.54. The predicted molar refractivity (Wildman–Crippen MR) is 122 cm³/mol. The summed E-state index contributed by atoms with van der Waals surface area (Å²) in [7, 11) is 0. The van der Waals surface area contributed by atoms with Crippen LogP contribution in [0.2, 0.25) is 0 Å². The lowest BCUT2D eigenvalue weighted by Crippen LogP contribution is -1.95. The van der Waals surface area contributed by atoms with Gasteiger partial charge in [0.15, 0.2) is 0 Å². The molecule has 0 spiro atoms. The first-order valence-electron chi connectivity index (χ1n) is 9.99. The van der Waals surface area contributed by atoms with E-state index in [2.05, 4.69) is 11.1 Å². The number of fused-ring (bicyclic) bond motifs is 1. The Hall–Kier alpha value is -4.02. The molecule has 0 saturated carbocycles. The Bertz CT molecular complexity index is 1370. The SMILES string of the molecule is OCc1cccc(-c2cnc(O)c3cc(-c4ccccc4)c(-c4cc[c]cc4)nc23)c1. The van der Waals surface area contributed by atoms with Gasteiger partial charge < -0.3 is 10.2 Å². The van der Waals surface area contributed by atoms with Crippen molar-refractivity contribution in [2.45, 2.75) is 6.61 Å². The molecular weight excluding hydrogens is 384 g/mol. The van der Waals surface area contributed by atoms with Gasteiger partial charge in [-0.2, -0.15) is 0 Å². The Kier molecular flexibility index (Phi) is 4.90. The third-order valence-electron chi connectivity index (χ3n) is 5.33. The first kappa shape index (κ1) is 19.0. The lowest BCUT2D eigenvalue weighted by atomic mass is 9.95. The molecule has 5 aromatic rings. The summed E-state index contributed by atoms with van der Waals surface area (Å²) in [6, 6.07) is 30.3. The van der Waals surface area contributed by atoms with E-state index in [4.69, 9.17) is 4.98 Å². The normalized spacial score (nSPS) is 11.0. The third-order valence-corrected chi connectivity index (χ3v) is 5.33. The molecular formula is C27H19N2O2. The van der Waals surface area contributed by atoms with Gasteiger partial charge in [-0.1, -0.05) is 72.8 Å². The summed E-state index contributed by atoms with van der Waals surface area (Å²) in [5, 5.41) is 20.7. The smallest absolute Gasteiger partial charge is 0.220 e. The highest BCUT2D eigenvalue weighted by atomic mass is 16.3. The van der Waals surface area contributed by atoms with Gasteiger partial charge in [-0.15, -0.1) is 0 Å². The molecule has 0 saturated heterocycles. The lowest BCUT2D eigenvalue weighted by Gasteiger charge is -2.14. The van der Waals surface area contributed by atoms with E-state index >= 15 is 0 Å². The molecule has 5 rings (SSSR count). The number of hydrogen-bond donors (Lipinski definition) is 2. The van der Waals surface area contributed by atoms with Gasteiger partial charge in [0.05, 0.1) is 23.2 Å². The topological polar surface area (TPSA) is 66.2 Å². The Balaban J connectivity index is 1.84. The zero-order chi connectivity index (χ0) is 21.2. The average molecular weight is 403 g/mol. The Labute approximate surface area is 180 Å². The van der Waals surface area contributed by atoms with E-state index in [1.165, 1.54) is 0 Å². The van der Waals surface area contributed by atoms with Crippen molar-refractivity contribution < 1.29 is 10.2 Å². The molecule has 0 unspecified atom stereocenters. The van der Waals surface area contributed by atoms with E-state index in [-0.39, 0.29) is 12.5 Å². The fourth-order valence-electron chi connectivity index (χ4n) is 3.80. The minimum Gasteiger partial charge on any atom is -0.493 e. The number of benzene rings is 3. The van der Waals surface area contributed by atoms with Crippen molar-refractivity contribution in [3.63, 3.8) is 0 Å². The monoisotopic (exact) mass is 403 g/mol. The molecule has 2 heterocycles. The quantitative estimate of drug-likeness (QED) is 0.408. The van der Waals surface area contributed by atoms with Gasteiger partial charge in [-0.05, 0) is 34.9 Å². The molecule has 0 atom stereocenters. The maximum atomic E-state index is 10.6. The second kappa shape index (κ2) is 8.01. The molecule has 2 aromatic heterocycles. The average Bonchev–Trinajstić information content (AvgIpc) is 2.85. The van der Waals surface area contributed by atoms with Crippen molar-refractivity contribution >= 4 is 10.9 Å². The second-order valence-electron chi connectivity index (χ2n) is 7.29. The van der Waals surface area contributed by atoms with Crippen LogP contribution in [0.4, 0.5) is 0 Å². The highest BCUT2D eigenvalue weighted by molar-refractivity contribution is 6.00. The summed E-state index contributed by atoms with van der Waals surface area (Å²) in [5.74, 6) is -0.0605. The van der Waals surface area contributed by atoms with Crippen molar-refractivity contribution in [1.29, 1.82) is 0 Å². The zero-order valence-electron chi connectivity index (χ0n) is 16.7. The number of nitrogens with zero attached hydrogens (tertiary/aromatic N) is 2. The molecule has 4 nitrogen and oxygen atoms in total. The van der Waals surface area contributed by atoms with Crippen LogP contribution in [0.15, 0.2) is 91.1 Å². The lowest BCUT2D eigenvalue weighted by molar-refractivity contribution is 0.282. The Morgan fingerprint density at radius 2 is 1.55 bits per heavy atom. The predicted octanol–water partition coefficient (Wildman–Crippen LogP) is 5.63. The van der Waals surface area contributed by atoms with E-state index in [9.17, 15) is 10.2 Å². The molecule has 3 aromatic carbocycles. The number of aromatic nitrogens is 2. The van der Waals surface area contributed by atoms with E-state index in [1.807, 2.05) is 84.9 Å². The van der Waals surface area contributed by atoms with Crippen molar-refractivity contribution in [2.75, 3.05) is 0 Å². The van der Waals surface area contributed by atoms with Crippen LogP contribution in [0.3, 0.4) is 0 Å². The number of hydrogen-bond acceptors (Lipinski definition) is 4. The molecule has 2 N–H and O–H groups in total. The number of aliphatic hydroxyl groups is 1. The summed E-state index contributed by atoms with van der Waals surface area (Å²) in [6.45, 7) is -0.0470. The Morgan fingerprint density at radius 3 is 2.32 bits per heavy atom. The summed E-state index contributed by atoms with van der Waals surface area (Å²) in [6.07, 6.45) is 1.63. The van der Waals surface area contributed by atoms with Crippen LogP contribution in [-0.4, -0.2) is 20.2 Å². The van der Waals surface area contributed by atoms with Gasteiger partial charge in [0.25, 0.3) is 0 Å². The van der Waals surface area contributed by atoms with Gasteiger partial charge in [0.1, 0.15) is 0 Å². The molecule has 1 radical (unpaired) electrons. The van der Waals surface area contributed by atoms with Gasteiger partial charge in [0.2, 0.25) is 5.88 Å². The van der Waals surface area contributed by atoms with Gasteiger partial charge in [0, 0.05) is 22.9 Å². The van der Waals surface area contributed by atoms with Gasteiger partial charge in [-0.25, -0.2) is 9.97 Å². The van der Waals surface area contributed by atoms with Crippen LogP contribution >= 0.6 is 0 Å². The van der Waals surface area contributed by atoms with Crippen LogP contribution in [0.25, 0.3) is 44.4 Å². The van der Waals surface area contributed by atoms with E-state index in [0.29, 0.717) is 10.9 Å². The largest absolute Gasteiger partial charge is 0.493 e. The van der Waals surface area contributed by atoms with E-state index in [0.717, 1.165) is 39.1 Å².